The van der Waals surface area contributed by atoms with Gasteiger partial charge < -0.3 is 15.2 Å². The summed E-state index contributed by atoms with van der Waals surface area (Å²) in [6, 6.07) is 14.5. The van der Waals surface area contributed by atoms with Crippen LogP contribution in [0.25, 0.3) is 21.9 Å². The second-order valence-corrected chi connectivity index (χ2v) is 6.13. The monoisotopic (exact) mass is 353 g/mol. The zero-order valence-corrected chi connectivity index (χ0v) is 15.2. The molecule has 2 N–H and O–H groups in total. The van der Waals surface area contributed by atoms with Crippen molar-refractivity contribution in [3.63, 3.8) is 0 Å². The first-order chi connectivity index (χ1) is 11.6. The lowest BCUT2D eigenvalue weighted by Gasteiger charge is -2.15. The molecule has 0 aliphatic carbocycles. The summed E-state index contributed by atoms with van der Waals surface area (Å²) in [6.45, 7) is 2.01. The van der Waals surface area contributed by atoms with Crippen LogP contribution in [0.4, 0.5) is 17.1 Å². The molecule has 2 aromatic carbocycles. The van der Waals surface area contributed by atoms with Crippen LogP contribution >= 0.6 is 12.4 Å². The van der Waals surface area contributed by atoms with Crippen LogP contribution in [0.3, 0.4) is 0 Å². The van der Waals surface area contributed by atoms with Gasteiger partial charge in [-0.3, -0.25) is 4.98 Å². The van der Waals surface area contributed by atoms with E-state index in [-0.39, 0.29) is 12.4 Å². The smallest absolute Gasteiger partial charge is 0.0932 e. The van der Waals surface area contributed by atoms with Gasteiger partial charge >= 0.3 is 0 Å². The molecule has 4 aromatic rings. The second-order valence-electron chi connectivity index (χ2n) is 6.13. The van der Waals surface area contributed by atoms with Gasteiger partial charge in [0.1, 0.15) is 0 Å². The van der Waals surface area contributed by atoms with E-state index in [0.717, 1.165) is 39.0 Å². The van der Waals surface area contributed by atoms with Crippen LogP contribution in [0.5, 0.6) is 0 Å². The molecule has 0 aliphatic rings. The highest BCUT2D eigenvalue weighted by Crippen LogP contribution is 2.31. The van der Waals surface area contributed by atoms with Crippen LogP contribution in [0, 0.1) is 6.92 Å². The van der Waals surface area contributed by atoms with Crippen molar-refractivity contribution < 1.29 is 0 Å². The van der Waals surface area contributed by atoms with E-state index in [1.165, 1.54) is 5.69 Å². The molecule has 2 heterocycles. The van der Waals surface area contributed by atoms with Crippen LogP contribution in [0.2, 0.25) is 0 Å². The van der Waals surface area contributed by atoms with Gasteiger partial charge in [-0.15, -0.1) is 12.4 Å². The molecule has 0 radical (unpaired) electrons. The quantitative estimate of drug-likeness (QED) is 0.563. The van der Waals surface area contributed by atoms with Crippen LogP contribution in [0.1, 0.15) is 5.69 Å². The second kappa shape index (κ2) is 6.61. The largest absolute Gasteiger partial charge is 0.378 e. The Bertz CT molecular complexity index is 1020. The van der Waals surface area contributed by atoms with Gasteiger partial charge in [-0.2, -0.15) is 0 Å². The Kier molecular flexibility index (Phi) is 4.51. The fraction of sp³-hybridized carbons (Fsp3) is 0.158. The lowest BCUT2D eigenvalue weighted by atomic mass is 10.1. The predicted octanol–water partition coefficient (Wildman–Crippen LogP) is 4.65. The van der Waals surface area contributed by atoms with Crippen LogP contribution < -0.4 is 10.2 Å². The summed E-state index contributed by atoms with van der Waals surface area (Å²) in [6.07, 6.45) is 1.72. The molecule has 128 valence electrons. The third-order valence-corrected chi connectivity index (χ3v) is 4.16. The van der Waals surface area contributed by atoms with E-state index in [0.29, 0.717) is 0 Å². The molecule has 25 heavy (non-hydrogen) atoms. The van der Waals surface area contributed by atoms with E-state index >= 15 is 0 Å². The third-order valence-electron chi connectivity index (χ3n) is 4.16. The maximum atomic E-state index is 4.65. The molecule has 0 atom stereocenters. The number of hydrogen-bond donors (Lipinski definition) is 2. The van der Waals surface area contributed by atoms with E-state index in [2.05, 4.69) is 55.5 Å². The molecule has 0 unspecified atom stereocenters. The van der Waals surface area contributed by atoms with Crippen molar-refractivity contribution >= 4 is 51.4 Å². The summed E-state index contributed by atoms with van der Waals surface area (Å²) in [7, 11) is 4.08. The number of aromatic amines is 1. The average Bonchev–Trinajstić information content (AvgIpc) is 3.03. The van der Waals surface area contributed by atoms with Gasteiger partial charge in [-0.1, -0.05) is 0 Å². The number of benzene rings is 2. The van der Waals surface area contributed by atoms with E-state index in [1.807, 2.05) is 33.2 Å². The zero-order valence-electron chi connectivity index (χ0n) is 14.4. The third kappa shape index (κ3) is 3.10. The van der Waals surface area contributed by atoms with Gasteiger partial charge in [-0.25, -0.2) is 4.98 Å². The normalized spacial score (nSPS) is 10.7. The number of nitrogens with zero attached hydrogens (tertiary/aromatic N) is 3. The lowest BCUT2D eigenvalue weighted by Crippen LogP contribution is -2.08. The maximum absolute atomic E-state index is 4.65. The van der Waals surface area contributed by atoms with Crippen molar-refractivity contribution in [1.82, 2.24) is 15.0 Å². The molecule has 0 saturated heterocycles. The lowest BCUT2D eigenvalue weighted by molar-refractivity contribution is 1.13. The molecule has 2 aromatic heterocycles. The van der Waals surface area contributed by atoms with E-state index in [9.17, 15) is 0 Å². The topological polar surface area (TPSA) is 56.8 Å². The van der Waals surface area contributed by atoms with Crippen molar-refractivity contribution in [2.45, 2.75) is 6.92 Å². The Hall–Kier alpha value is -2.79. The van der Waals surface area contributed by atoms with Crippen molar-refractivity contribution in [2.24, 2.45) is 0 Å². The number of rotatable bonds is 3. The number of anilines is 3. The minimum Gasteiger partial charge on any atom is -0.378 e. The van der Waals surface area contributed by atoms with Gasteiger partial charge in [-0.05, 0) is 49.4 Å². The predicted molar refractivity (Wildman–Crippen MR) is 107 cm³/mol. The van der Waals surface area contributed by atoms with E-state index in [4.69, 9.17) is 0 Å². The van der Waals surface area contributed by atoms with Crippen molar-refractivity contribution in [3.05, 3.63) is 54.5 Å². The minimum absolute atomic E-state index is 0. The van der Waals surface area contributed by atoms with Crippen molar-refractivity contribution in [3.8, 4) is 0 Å². The SMILES string of the molecule is Cc1cc(Nc2ccc(N(C)C)cc2)c2c(ccc3nc[nH]c32)n1.Cl. The molecule has 0 saturated carbocycles. The Morgan fingerprint density at radius 2 is 1.72 bits per heavy atom. The molecule has 0 bridgehead atoms. The minimum atomic E-state index is 0. The Morgan fingerprint density at radius 1 is 1.00 bits per heavy atom. The number of aromatic nitrogens is 3. The van der Waals surface area contributed by atoms with Crippen molar-refractivity contribution in [2.75, 3.05) is 24.3 Å². The van der Waals surface area contributed by atoms with E-state index in [1.54, 1.807) is 6.33 Å². The summed E-state index contributed by atoms with van der Waals surface area (Å²) in [4.78, 5) is 14.3. The van der Waals surface area contributed by atoms with Gasteiger partial charge in [0.2, 0.25) is 0 Å². The summed E-state index contributed by atoms with van der Waals surface area (Å²) in [5.74, 6) is 0. The Balaban J connectivity index is 0.00000182. The van der Waals surface area contributed by atoms with Crippen LogP contribution in [-0.4, -0.2) is 29.0 Å². The number of imidazole rings is 1. The molecular formula is C19H20ClN5. The first kappa shape index (κ1) is 17.0. The fourth-order valence-electron chi connectivity index (χ4n) is 2.97. The first-order valence-electron chi connectivity index (χ1n) is 7.90. The van der Waals surface area contributed by atoms with Gasteiger partial charge in [0.25, 0.3) is 0 Å². The number of hydrogen-bond acceptors (Lipinski definition) is 4. The summed E-state index contributed by atoms with van der Waals surface area (Å²) >= 11 is 0. The highest BCUT2D eigenvalue weighted by Gasteiger charge is 2.10. The molecule has 6 heteroatoms. The molecule has 5 nitrogen and oxygen atoms in total. The molecule has 4 rings (SSSR count). The number of nitrogens with one attached hydrogen (secondary N) is 2. The van der Waals surface area contributed by atoms with Crippen molar-refractivity contribution in [1.29, 1.82) is 0 Å². The Morgan fingerprint density at radius 3 is 2.44 bits per heavy atom. The summed E-state index contributed by atoms with van der Waals surface area (Å²) in [5.41, 5.74) is 7.14. The summed E-state index contributed by atoms with van der Waals surface area (Å²) in [5, 5.41) is 4.59. The highest BCUT2D eigenvalue weighted by molar-refractivity contribution is 6.10. The summed E-state index contributed by atoms with van der Waals surface area (Å²) < 4.78 is 0. The van der Waals surface area contributed by atoms with E-state index < -0.39 is 0 Å². The first-order valence-corrected chi connectivity index (χ1v) is 7.90. The number of pyridine rings is 1. The molecule has 0 amide bonds. The molecule has 0 spiro atoms. The number of aryl methyl sites for hydroxylation is 1. The molecule has 0 aliphatic heterocycles. The average molecular weight is 354 g/mol. The number of H-pyrrole nitrogens is 1. The molecule has 0 fully saturated rings. The zero-order chi connectivity index (χ0) is 16.7. The number of halogens is 1. The maximum Gasteiger partial charge on any atom is 0.0932 e. The van der Waals surface area contributed by atoms with Gasteiger partial charge in [0.15, 0.2) is 0 Å². The van der Waals surface area contributed by atoms with Gasteiger partial charge in [0.05, 0.1) is 28.6 Å². The number of fused-ring (bicyclic) bond motifs is 3. The molecular weight excluding hydrogens is 334 g/mol. The standard InChI is InChI=1S/C19H19N5.ClH/c1-12-10-17(23-13-4-6-14(7-5-13)24(2)3)18-15(22-12)8-9-16-19(18)21-11-20-16;/h4-11H,1-3H3,(H,20,21)(H,22,23);1H. The highest BCUT2D eigenvalue weighted by atomic mass is 35.5. The van der Waals surface area contributed by atoms with Gasteiger partial charge in [0, 0.05) is 36.6 Å². The fourth-order valence-corrected chi connectivity index (χ4v) is 2.97. The van der Waals surface area contributed by atoms with Crippen LogP contribution in [0.15, 0.2) is 48.8 Å². The Labute approximate surface area is 152 Å². The van der Waals surface area contributed by atoms with Crippen LogP contribution in [-0.2, 0) is 0 Å².